The zero-order chi connectivity index (χ0) is 11.5. The number of nitrogens with zero attached hydrogens (tertiary/aromatic N) is 4. The van der Waals surface area contributed by atoms with Crippen molar-refractivity contribution in [1.82, 2.24) is 15.0 Å². The summed E-state index contributed by atoms with van der Waals surface area (Å²) in [5, 5.41) is 16.1. The van der Waals surface area contributed by atoms with Crippen LogP contribution >= 0.6 is 0 Å². The molecule has 2 rings (SSSR count). The first kappa shape index (κ1) is 9.98. The highest BCUT2D eigenvalue weighted by Crippen LogP contribution is 2.11. The third kappa shape index (κ3) is 1.79. The van der Waals surface area contributed by atoms with Crippen LogP contribution in [0.25, 0.3) is 0 Å². The Morgan fingerprint density at radius 1 is 1.38 bits per heavy atom. The molecule has 0 spiro atoms. The van der Waals surface area contributed by atoms with Crippen molar-refractivity contribution in [3.8, 4) is 6.07 Å². The van der Waals surface area contributed by atoms with E-state index >= 15 is 0 Å². The lowest BCUT2D eigenvalue weighted by atomic mass is 10.2. The molecule has 0 saturated carbocycles. The van der Waals surface area contributed by atoms with Crippen molar-refractivity contribution >= 4 is 11.5 Å². The van der Waals surface area contributed by atoms with Crippen LogP contribution in [-0.4, -0.2) is 15.0 Å². The van der Waals surface area contributed by atoms with Gasteiger partial charge in [-0.15, -0.1) is 5.10 Å². The topological polar surface area (TPSA) is 107 Å². The minimum absolute atomic E-state index is 0.143. The van der Waals surface area contributed by atoms with Crippen molar-refractivity contribution in [2.75, 3.05) is 11.5 Å². The molecule has 2 aromatic rings. The van der Waals surface area contributed by atoms with Crippen molar-refractivity contribution in [3.63, 3.8) is 0 Å². The molecule has 0 aliphatic rings. The van der Waals surface area contributed by atoms with Crippen molar-refractivity contribution in [3.05, 3.63) is 35.5 Å². The van der Waals surface area contributed by atoms with E-state index in [-0.39, 0.29) is 11.5 Å². The van der Waals surface area contributed by atoms with Crippen molar-refractivity contribution in [1.29, 1.82) is 5.26 Å². The average Bonchev–Trinajstić information content (AvgIpc) is 2.60. The number of nitrogen functional groups attached to an aromatic ring is 2. The molecule has 0 aliphatic heterocycles. The number of nitriles is 1. The lowest BCUT2D eigenvalue weighted by Gasteiger charge is -2.03. The van der Waals surface area contributed by atoms with Gasteiger partial charge in [0.05, 0.1) is 6.54 Å². The Morgan fingerprint density at radius 2 is 2.19 bits per heavy atom. The van der Waals surface area contributed by atoms with Gasteiger partial charge in [0.15, 0.2) is 5.82 Å². The van der Waals surface area contributed by atoms with Gasteiger partial charge >= 0.3 is 0 Å². The maximum atomic E-state index is 8.68. The quantitative estimate of drug-likeness (QED) is 0.702. The number of rotatable bonds is 2. The monoisotopic (exact) mass is 214 g/mol. The van der Waals surface area contributed by atoms with Crippen molar-refractivity contribution in [2.24, 2.45) is 0 Å². The van der Waals surface area contributed by atoms with Crippen LogP contribution in [0.15, 0.2) is 24.3 Å². The van der Waals surface area contributed by atoms with E-state index < -0.39 is 0 Å². The Hall–Kier alpha value is -2.55. The van der Waals surface area contributed by atoms with Gasteiger partial charge in [0.25, 0.3) is 0 Å². The predicted octanol–water partition coefficient (Wildman–Crippen LogP) is 0.362. The molecule has 1 aromatic heterocycles. The largest absolute Gasteiger partial charge is 0.399 e. The molecule has 0 radical (unpaired) electrons. The van der Waals surface area contributed by atoms with Gasteiger partial charge in [0.1, 0.15) is 6.07 Å². The van der Waals surface area contributed by atoms with Gasteiger partial charge in [0, 0.05) is 5.69 Å². The molecule has 0 bridgehead atoms. The maximum absolute atomic E-state index is 8.68. The number of hydrogen-bond donors (Lipinski definition) is 2. The van der Waals surface area contributed by atoms with Gasteiger partial charge in [-0.05, 0) is 17.7 Å². The van der Waals surface area contributed by atoms with E-state index in [1.165, 1.54) is 4.68 Å². The Bertz CT molecular complexity index is 551. The predicted molar refractivity (Wildman–Crippen MR) is 59.1 cm³/mol. The molecule has 1 aromatic carbocycles. The number of aromatic nitrogens is 3. The van der Waals surface area contributed by atoms with Gasteiger partial charge in [0.2, 0.25) is 5.69 Å². The van der Waals surface area contributed by atoms with Gasteiger partial charge in [-0.1, -0.05) is 17.3 Å². The van der Waals surface area contributed by atoms with E-state index in [1.54, 1.807) is 6.07 Å². The number of nitrogens with two attached hydrogens (primary N) is 2. The van der Waals surface area contributed by atoms with E-state index in [2.05, 4.69) is 10.3 Å². The lowest BCUT2D eigenvalue weighted by molar-refractivity contribution is 0.658. The fourth-order valence-electron chi connectivity index (χ4n) is 1.38. The Kier molecular flexibility index (Phi) is 2.44. The molecule has 6 nitrogen and oxygen atoms in total. The summed E-state index contributed by atoms with van der Waals surface area (Å²) in [7, 11) is 0. The first-order valence-corrected chi connectivity index (χ1v) is 4.64. The molecule has 80 valence electrons. The van der Waals surface area contributed by atoms with Crippen LogP contribution < -0.4 is 11.5 Å². The summed E-state index contributed by atoms with van der Waals surface area (Å²) in [4.78, 5) is 0. The van der Waals surface area contributed by atoms with Crippen LogP contribution in [0, 0.1) is 11.3 Å². The number of anilines is 2. The summed E-state index contributed by atoms with van der Waals surface area (Å²) in [6.07, 6.45) is 0. The molecule has 1 heterocycles. The molecule has 0 atom stereocenters. The number of benzene rings is 1. The second-order valence-corrected chi connectivity index (χ2v) is 3.34. The molecule has 6 heteroatoms. The zero-order valence-corrected chi connectivity index (χ0v) is 8.46. The highest BCUT2D eigenvalue weighted by molar-refractivity contribution is 5.44. The first-order chi connectivity index (χ1) is 7.70. The van der Waals surface area contributed by atoms with Crippen LogP contribution in [0.3, 0.4) is 0 Å². The molecule has 0 aliphatic carbocycles. The van der Waals surface area contributed by atoms with Crippen LogP contribution in [-0.2, 0) is 6.54 Å². The fourth-order valence-corrected chi connectivity index (χ4v) is 1.38. The third-order valence-electron chi connectivity index (χ3n) is 2.16. The summed E-state index contributed by atoms with van der Waals surface area (Å²) >= 11 is 0. The highest BCUT2D eigenvalue weighted by atomic mass is 15.4. The van der Waals surface area contributed by atoms with E-state index in [0.29, 0.717) is 12.2 Å². The summed E-state index contributed by atoms with van der Waals surface area (Å²) in [5.41, 5.74) is 13.1. The molecule has 0 unspecified atom stereocenters. The van der Waals surface area contributed by atoms with Gasteiger partial charge in [-0.2, -0.15) is 5.26 Å². The second-order valence-electron chi connectivity index (χ2n) is 3.34. The van der Waals surface area contributed by atoms with Crippen LogP contribution in [0.2, 0.25) is 0 Å². The van der Waals surface area contributed by atoms with E-state index in [0.717, 1.165) is 5.56 Å². The van der Waals surface area contributed by atoms with Crippen LogP contribution in [0.5, 0.6) is 0 Å². The molecular weight excluding hydrogens is 204 g/mol. The molecule has 0 saturated heterocycles. The maximum Gasteiger partial charge on any atom is 0.206 e. The second kappa shape index (κ2) is 3.90. The first-order valence-electron chi connectivity index (χ1n) is 4.64. The van der Waals surface area contributed by atoms with Crippen LogP contribution in [0.1, 0.15) is 11.3 Å². The minimum Gasteiger partial charge on any atom is -0.399 e. The summed E-state index contributed by atoms with van der Waals surface area (Å²) in [5.74, 6) is 0.268. The summed E-state index contributed by atoms with van der Waals surface area (Å²) in [6.45, 7) is 0.450. The molecule has 0 fully saturated rings. The zero-order valence-electron chi connectivity index (χ0n) is 8.46. The van der Waals surface area contributed by atoms with Gasteiger partial charge in [-0.3, -0.25) is 0 Å². The molecule has 4 N–H and O–H groups in total. The Labute approximate surface area is 92.1 Å². The van der Waals surface area contributed by atoms with Crippen molar-refractivity contribution < 1.29 is 0 Å². The van der Waals surface area contributed by atoms with Gasteiger partial charge < -0.3 is 11.5 Å². The minimum atomic E-state index is 0.143. The average molecular weight is 214 g/mol. The standard InChI is InChI=1S/C10H10N6/c11-5-9-10(13)16(15-14-9)6-7-2-1-3-8(12)4-7/h1-4H,6,12-13H2. The Balaban J connectivity index is 2.28. The summed E-state index contributed by atoms with van der Waals surface area (Å²) < 4.78 is 1.47. The SMILES string of the molecule is N#Cc1nnn(Cc2cccc(N)c2)c1N. The fraction of sp³-hybridized carbons (Fsp3) is 0.100. The molecule has 16 heavy (non-hydrogen) atoms. The lowest BCUT2D eigenvalue weighted by Crippen LogP contribution is -2.06. The summed E-state index contributed by atoms with van der Waals surface area (Å²) in [6, 6.07) is 9.25. The van der Waals surface area contributed by atoms with Crippen LogP contribution in [0.4, 0.5) is 11.5 Å². The molecule has 0 amide bonds. The normalized spacial score (nSPS) is 9.94. The number of hydrogen-bond acceptors (Lipinski definition) is 5. The smallest absolute Gasteiger partial charge is 0.206 e. The van der Waals surface area contributed by atoms with E-state index in [9.17, 15) is 0 Å². The third-order valence-corrected chi connectivity index (χ3v) is 2.16. The molecular formula is C10H10N6. The van der Waals surface area contributed by atoms with Gasteiger partial charge in [-0.25, -0.2) is 4.68 Å². The van der Waals surface area contributed by atoms with Crippen molar-refractivity contribution in [2.45, 2.75) is 6.54 Å². The highest BCUT2D eigenvalue weighted by Gasteiger charge is 2.08. The van der Waals surface area contributed by atoms with E-state index in [4.69, 9.17) is 16.7 Å². The van der Waals surface area contributed by atoms with E-state index in [1.807, 2.05) is 24.3 Å². The Morgan fingerprint density at radius 3 is 2.81 bits per heavy atom.